The van der Waals surface area contributed by atoms with Gasteiger partial charge in [-0.2, -0.15) is 0 Å². The lowest BCUT2D eigenvalue weighted by atomic mass is 10.2. The Morgan fingerprint density at radius 1 is 1.50 bits per heavy atom. The van der Waals surface area contributed by atoms with Crippen LogP contribution in [0, 0.1) is 6.92 Å². The summed E-state index contributed by atoms with van der Waals surface area (Å²) >= 11 is 0. The average molecular weight is 166 g/mol. The van der Waals surface area contributed by atoms with E-state index in [0.717, 1.165) is 16.9 Å². The van der Waals surface area contributed by atoms with E-state index >= 15 is 0 Å². The number of hydrogen-bond donors (Lipinski definition) is 3. The minimum absolute atomic E-state index is 0.535. The summed E-state index contributed by atoms with van der Waals surface area (Å²) in [5, 5.41) is 12.0. The number of aliphatic hydroxyl groups excluding tert-OH is 1. The summed E-state index contributed by atoms with van der Waals surface area (Å²) in [6.45, 7) is 3.62. The molecule has 0 radical (unpaired) electrons. The van der Waals surface area contributed by atoms with E-state index in [9.17, 15) is 0 Å². The molecule has 0 aliphatic rings. The van der Waals surface area contributed by atoms with Crippen LogP contribution in [0.2, 0.25) is 0 Å². The second-order valence-electron chi connectivity index (χ2n) is 2.89. The number of benzene rings is 1. The summed E-state index contributed by atoms with van der Waals surface area (Å²) in [5.74, 6) is 0. The van der Waals surface area contributed by atoms with Crippen molar-refractivity contribution in [2.24, 2.45) is 0 Å². The molecule has 4 N–H and O–H groups in total. The molecule has 3 heteroatoms. The van der Waals surface area contributed by atoms with Crippen LogP contribution in [-0.2, 0) is 0 Å². The van der Waals surface area contributed by atoms with Crippen LogP contribution >= 0.6 is 0 Å². The van der Waals surface area contributed by atoms with Gasteiger partial charge in [-0.25, -0.2) is 0 Å². The van der Waals surface area contributed by atoms with E-state index in [0.29, 0.717) is 0 Å². The molecular formula is C9H14N2O. The van der Waals surface area contributed by atoms with Crippen molar-refractivity contribution in [1.82, 2.24) is 0 Å². The molecule has 1 aromatic rings. The Labute approximate surface area is 72.2 Å². The van der Waals surface area contributed by atoms with Gasteiger partial charge in [0.05, 0.1) is 0 Å². The molecule has 1 rings (SSSR count). The molecule has 0 fully saturated rings. The van der Waals surface area contributed by atoms with Gasteiger partial charge in [0.25, 0.3) is 0 Å². The Morgan fingerprint density at radius 3 is 2.67 bits per heavy atom. The number of nitrogens with two attached hydrogens (primary N) is 1. The fourth-order valence-corrected chi connectivity index (χ4v) is 1.07. The van der Waals surface area contributed by atoms with E-state index in [4.69, 9.17) is 10.8 Å². The van der Waals surface area contributed by atoms with Crippen molar-refractivity contribution in [3.05, 3.63) is 23.8 Å². The summed E-state index contributed by atoms with van der Waals surface area (Å²) in [5.41, 5.74) is 8.26. The van der Waals surface area contributed by atoms with E-state index in [1.54, 1.807) is 13.0 Å². The van der Waals surface area contributed by atoms with Crippen molar-refractivity contribution >= 4 is 11.4 Å². The molecule has 0 spiro atoms. The summed E-state index contributed by atoms with van der Waals surface area (Å²) in [7, 11) is 0. The maximum Gasteiger partial charge on any atom is 0.121 e. The van der Waals surface area contributed by atoms with Crippen LogP contribution in [0.3, 0.4) is 0 Å². The molecule has 3 nitrogen and oxygen atoms in total. The lowest BCUT2D eigenvalue weighted by molar-refractivity contribution is 0.224. The van der Waals surface area contributed by atoms with Gasteiger partial charge in [-0.15, -0.1) is 0 Å². The van der Waals surface area contributed by atoms with Gasteiger partial charge in [0.2, 0.25) is 0 Å². The Bertz CT molecular complexity index is 271. The molecule has 0 saturated carbocycles. The Kier molecular flexibility index (Phi) is 2.55. The van der Waals surface area contributed by atoms with Crippen LogP contribution in [0.4, 0.5) is 11.4 Å². The minimum Gasteiger partial charge on any atom is -0.399 e. The molecule has 0 heterocycles. The highest BCUT2D eigenvalue weighted by molar-refractivity contribution is 5.57. The molecule has 0 aliphatic carbocycles. The Balaban J connectivity index is 2.86. The lowest BCUT2D eigenvalue weighted by Crippen LogP contribution is -2.14. The van der Waals surface area contributed by atoms with Crippen molar-refractivity contribution in [2.75, 3.05) is 11.1 Å². The quantitative estimate of drug-likeness (QED) is 0.459. The van der Waals surface area contributed by atoms with Gasteiger partial charge in [0, 0.05) is 11.4 Å². The highest BCUT2D eigenvalue weighted by Gasteiger charge is 1.99. The van der Waals surface area contributed by atoms with E-state index in [-0.39, 0.29) is 0 Å². The van der Waals surface area contributed by atoms with Crippen molar-refractivity contribution in [3.63, 3.8) is 0 Å². The minimum atomic E-state index is -0.535. The highest BCUT2D eigenvalue weighted by atomic mass is 16.3. The van der Waals surface area contributed by atoms with Crippen LogP contribution < -0.4 is 11.1 Å². The number of aryl methyl sites for hydroxylation is 1. The zero-order valence-corrected chi connectivity index (χ0v) is 7.33. The third-order valence-corrected chi connectivity index (χ3v) is 1.61. The summed E-state index contributed by atoms with van der Waals surface area (Å²) in [6, 6.07) is 5.53. The topological polar surface area (TPSA) is 58.3 Å². The Hall–Kier alpha value is -1.22. The summed E-state index contributed by atoms with van der Waals surface area (Å²) in [4.78, 5) is 0. The second-order valence-corrected chi connectivity index (χ2v) is 2.89. The van der Waals surface area contributed by atoms with Crippen LogP contribution in [0.5, 0.6) is 0 Å². The largest absolute Gasteiger partial charge is 0.399 e. The fourth-order valence-electron chi connectivity index (χ4n) is 1.07. The monoisotopic (exact) mass is 166 g/mol. The molecule has 66 valence electrons. The van der Waals surface area contributed by atoms with Gasteiger partial charge in [0.15, 0.2) is 0 Å². The smallest absolute Gasteiger partial charge is 0.121 e. The van der Waals surface area contributed by atoms with Crippen molar-refractivity contribution in [3.8, 4) is 0 Å². The van der Waals surface area contributed by atoms with Crippen LogP contribution in [0.25, 0.3) is 0 Å². The van der Waals surface area contributed by atoms with E-state index in [1.807, 2.05) is 19.1 Å². The maximum atomic E-state index is 9.06. The summed E-state index contributed by atoms with van der Waals surface area (Å²) in [6.07, 6.45) is -0.535. The average Bonchev–Trinajstić information content (AvgIpc) is 1.94. The predicted octanol–water partition coefficient (Wildman–Crippen LogP) is 1.33. The molecule has 1 atom stereocenters. The van der Waals surface area contributed by atoms with Gasteiger partial charge in [-0.3, -0.25) is 0 Å². The number of anilines is 2. The molecule has 1 aromatic carbocycles. The molecule has 0 aromatic heterocycles. The number of nitrogens with one attached hydrogen (secondary N) is 1. The van der Waals surface area contributed by atoms with Gasteiger partial charge in [0.1, 0.15) is 6.23 Å². The first-order valence-electron chi connectivity index (χ1n) is 3.90. The number of rotatable bonds is 2. The van der Waals surface area contributed by atoms with Gasteiger partial charge in [-0.05, 0) is 37.6 Å². The lowest BCUT2D eigenvalue weighted by Gasteiger charge is -2.11. The normalized spacial score (nSPS) is 12.6. The van der Waals surface area contributed by atoms with Crippen molar-refractivity contribution < 1.29 is 5.11 Å². The number of aliphatic hydroxyl groups is 1. The molecule has 0 aliphatic heterocycles. The first-order valence-corrected chi connectivity index (χ1v) is 3.90. The number of nitrogen functional groups attached to an aromatic ring is 1. The fraction of sp³-hybridized carbons (Fsp3) is 0.333. The first-order chi connectivity index (χ1) is 5.59. The summed E-state index contributed by atoms with van der Waals surface area (Å²) < 4.78 is 0. The second kappa shape index (κ2) is 3.45. The van der Waals surface area contributed by atoms with Crippen LogP contribution in [0.15, 0.2) is 18.2 Å². The SMILES string of the molecule is Cc1cc(N)ccc1NC(C)O. The first kappa shape index (κ1) is 8.87. The van der Waals surface area contributed by atoms with Crippen LogP contribution in [-0.4, -0.2) is 11.3 Å². The van der Waals surface area contributed by atoms with Crippen molar-refractivity contribution in [1.29, 1.82) is 0 Å². The third kappa shape index (κ3) is 2.13. The van der Waals surface area contributed by atoms with E-state index in [1.165, 1.54) is 0 Å². The zero-order valence-electron chi connectivity index (χ0n) is 7.33. The van der Waals surface area contributed by atoms with E-state index in [2.05, 4.69) is 5.32 Å². The predicted molar refractivity (Wildman–Crippen MR) is 50.9 cm³/mol. The van der Waals surface area contributed by atoms with E-state index < -0.39 is 6.23 Å². The molecule has 0 saturated heterocycles. The molecular weight excluding hydrogens is 152 g/mol. The third-order valence-electron chi connectivity index (χ3n) is 1.61. The zero-order chi connectivity index (χ0) is 9.14. The van der Waals surface area contributed by atoms with Gasteiger partial charge < -0.3 is 16.2 Å². The molecule has 0 bridgehead atoms. The molecule has 1 unspecified atom stereocenters. The number of hydrogen-bond acceptors (Lipinski definition) is 3. The molecule has 0 amide bonds. The maximum absolute atomic E-state index is 9.06. The van der Waals surface area contributed by atoms with Gasteiger partial charge >= 0.3 is 0 Å². The van der Waals surface area contributed by atoms with Crippen molar-refractivity contribution in [2.45, 2.75) is 20.1 Å². The van der Waals surface area contributed by atoms with Gasteiger partial charge in [-0.1, -0.05) is 0 Å². The highest BCUT2D eigenvalue weighted by Crippen LogP contribution is 2.17. The molecule has 12 heavy (non-hydrogen) atoms. The Morgan fingerprint density at radius 2 is 2.17 bits per heavy atom. The van der Waals surface area contributed by atoms with Crippen LogP contribution in [0.1, 0.15) is 12.5 Å². The standard InChI is InChI=1S/C9H14N2O/c1-6-5-8(10)3-4-9(6)11-7(2)12/h3-5,7,11-12H,10H2,1-2H3.